The Kier molecular flexibility index (Phi) is 5.02. The molecule has 4 aromatic rings. The van der Waals surface area contributed by atoms with Crippen molar-refractivity contribution in [3.05, 3.63) is 84.9 Å². The minimum absolute atomic E-state index is 0.781. The standard InChI is InChI=1S/C24H22N2O2/c1-25-21-7-3-5-9-23(21)27-19-13-11-17-12-14-20(16-18(17)15-19)28-24-10-6-4-8-22(24)26-2/h3-16,25-26H,1-2H3. The summed E-state index contributed by atoms with van der Waals surface area (Å²) in [6.07, 6.45) is 0. The second kappa shape index (κ2) is 7.92. The van der Waals surface area contributed by atoms with Gasteiger partial charge < -0.3 is 20.1 Å². The van der Waals surface area contributed by atoms with Crippen LogP contribution in [0.5, 0.6) is 23.0 Å². The van der Waals surface area contributed by atoms with E-state index < -0.39 is 0 Å². The van der Waals surface area contributed by atoms with Gasteiger partial charge in [0.15, 0.2) is 0 Å². The van der Waals surface area contributed by atoms with E-state index in [1.54, 1.807) is 0 Å². The Morgan fingerprint density at radius 2 is 1.00 bits per heavy atom. The largest absolute Gasteiger partial charge is 0.455 e. The quantitative estimate of drug-likeness (QED) is 0.406. The first-order valence-electron chi connectivity index (χ1n) is 9.20. The van der Waals surface area contributed by atoms with Crippen LogP contribution in [0.15, 0.2) is 84.9 Å². The van der Waals surface area contributed by atoms with E-state index in [1.165, 1.54) is 0 Å². The Hall–Kier alpha value is -3.66. The molecular weight excluding hydrogens is 348 g/mol. The van der Waals surface area contributed by atoms with Gasteiger partial charge in [-0.25, -0.2) is 0 Å². The molecule has 0 unspecified atom stereocenters. The third-order valence-electron chi connectivity index (χ3n) is 4.55. The first-order valence-corrected chi connectivity index (χ1v) is 9.20. The molecule has 140 valence electrons. The number of para-hydroxylation sites is 4. The molecule has 0 aromatic heterocycles. The summed E-state index contributed by atoms with van der Waals surface area (Å²) < 4.78 is 12.2. The number of ether oxygens (including phenoxy) is 2. The van der Waals surface area contributed by atoms with E-state index in [9.17, 15) is 0 Å². The minimum atomic E-state index is 0.781. The van der Waals surface area contributed by atoms with Gasteiger partial charge in [0.25, 0.3) is 0 Å². The van der Waals surface area contributed by atoms with E-state index in [4.69, 9.17) is 9.47 Å². The summed E-state index contributed by atoms with van der Waals surface area (Å²) in [6, 6.07) is 27.9. The van der Waals surface area contributed by atoms with Crippen molar-refractivity contribution in [1.29, 1.82) is 0 Å². The molecule has 0 aliphatic heterocycles. The normalized spacial score (nSPS) is 10.5. The van der Waals surface area contributed by atoms with Crippen LogP contribution in [0.25, 0.3) is 10.8 Å². The molecule has 0 heterocycles. The number of hydrogen-bond donors (Lipinski definition) is 2. The number of hydrogen-bond acceptors (Lipinski definition) is 4. The van der Waals surface area contributed by atoms with Crippen molar-refractivity contribution >= 4 is 22.1 Å². The molecule has 0 saturated carbocycles. The van der Waals surface area contributed by atoms with Crippen LogP contribution in [0.3, 0.4) is 0 Å². The molecule has 4 nitrogen and oxygen atoms in total. The minimum Gasteiger partial charge on any atom is -0.455 e. The summed E-state index contributed by atoms with van der Waals surface area (Å²) in [5, 5.41) is 8.48. The van der Waals surface area contributed by atoms with Gasteiger partial charge >= 0.3 is 0 Å². The molecule has 4 aromatic carbocycles. The summed E-state index contributed by atoms with van der Waals surface area (Å²) in [7, 11) is 3.77. The third-order valence-corrected chi connectivity index (χ3v) is 4.55. The van der Waals surface area contributed by atoms with Gasteiger partial charge in [-0.15, -0.1) is 0 Å². The number of rotatable bonds is 6. The Morgan fingerprint density at radius 1 is 0.536 bits per heavy atom. The predicted octanol–water partition coefficient (Wildman–Crippen LogP) is 6.51. The average molecular weight is 370 g/mol. The highest BCUT2D eigenvalue weighted by Gasteiger charge is 2.06. The van der Waals surface area contributed by atoms with Crippen LogP contribution in [0.1, 0.15) is 0 Å². The van der Waals surface area contributed by atoms with Crippen molar-refractivity contribution in [3.63, 3.8) is 0 Å². The van der Waals surface area contributed by atoms with E-state index in [1.807, 2.05) is 86.9 Å². The average Bonchev–Trinajstić information content (AvgIpc) is 2.74. The molecule has 0 aliphatic carbocycles. The predicted molar refractivity (Wildman–Crippen MR) is 116 cm³/mol. The number of nitrogens with one attached hydrogen (secondary N) is 2. The lowest BCUT2D eigenvalue weighted by Gasteiger charge is -2.13. The molecule has 0 fully saturated rings. The van der Waals surface area contributed by atoms with Crippen molar-refractivity contribution in [2.75, 3.05) is 24.7 Å². The molecule has 0 spiro atoms. The zero-order chi connectivity index (χ0) is 19.3. The summed E-state index contributed by atoms with van der Waals surface area (Å²) >= 11 is 0. The highest BCUT2D eigenvalue weighted by atomic mass is 16.5. The monoisotopic (exact) mass is 370 g/mol. The molecule has 0 saturated heterocycles. The van der Waals surface area contributed by atoms with E-state index in [0.717, 1.165) is 45.1 Å². The zero-order valence-electron chi connectivity index (χ0n) is 15.9. The maximum absolute atomic E-state index is 6.09. The van der Waals surface area contributed by atoms with Gasteiger partial charge in [0, 0.05) is 14.1 Å². The Morgan fingerprint density at radius 3 is 1.46 bits per heavy atom. The summed E-state index contributed by atoms with van der Waals surface area (Å²) in [6.45, 7) is 0. The first-order chi connectivity index (χ1) is 13.8. The van der Waals surface area contributed by atoms with Gasteiger partial charge in [-0.2, -0.15) is 0 Å². The molecule has 2 N–H and O–H groups in total. The summed E-state index contributed by atoms with van der Waals surface area (Å²) in [5.41, 5.74) is 1.90. The SMILES string of the molecule is CNc1ccccc1Oc1ccc2ccc(Oc3ccccc3NC)cc2c1. The van der Waals surface area contributed by atoms with Crippen LogP contribution in [0.4, 0.5) is 11.4 Å². The maximum atomic E-state index is 6.09. The smallest absolute Gasteiger partial charge is 0.150 e. The molecule has 4 rings (SSSR count). The molecule has 0 bridgehead atoms. The fourth-order valence-electron chi connectivity index (χ4n) is 3.11. The molecule has 0 radical (unpaired) electrons. The lowest BCUT2D eigenvalue weighted by molar-refractivity contribution is 0.484. The van der Waals surface area contributed by atoms with Crippen molar-refractivity contribution in [2.45, 2.75) is 0 Å². The number of benzene rings is 4. The molecular formula is C24H22N2O2. The van der Waals surface area contributed by atoms with Crippen LogP contribution in [0, 0.1) is 0 Å². The van der Waals surface area contributed by atoms with Gasteiger partial charge in [0.05, 0.1) is 11.4 Å². The highest BCUT2D eigenvalue weighted by Crippen LogP contribution is 2.34. The van der Waals surface area contributed by atoms with E-state index in [2.05, 4.69) is 22.8 Å². The van der Waals surface area contributed by atoms with Gasteiger partial charge in [0.2, 0.25) is 0 Å². The van der Waals surface area contributed by atoms with Crippen molar-refractivity contribution in [2.24, 2.45) is 0 Å². The second-order valence-corrected chi connectivity index (χ2v) is 6.37. The fourth-order valence-corrected chi connectivity index (χ4v) is 3.11. The molecule has 28 heavy (non-hydrogen) atoms. The van der Waals surface area contributed by atoms with Gasteiger partial charge in [0.1, 0.15) is 23.0 Å². The Balaban J connectivity index is 1.63. The molecule has 0 amide bonds. The van der Waals surface area contributed by atoms with Gasteiger partial charge in [-0.3, -0.25) is 0 Å². The zero-order valence-corrected chi connectivity index (χ0v) is 15.9. The van der Waals surface area contributed by atoms with Gasteiger partial charge in [-0.05, 0) is 59.3 Å². The lowest BCUT2D eigenvalue weighted by Crippen LogP contribution is -1.93. The molecule has 0 atom stereocenters. The summed E-state index contributed by atoms with van der Waals surface area (Å²) in [5.74, 6) is 3.14. The van der Waals surface area contributed by atoms with Crippen molar-refractivity contribution < 1.29 is 9.47 Å². The van der Waals surface area contributed by atoms with Crippen LogP contribution < -0.4 is 20.1 Å². The van der Waals surface area contributed by atoms with E-state index in [0.29, 0.717) is 0 Å². The highest BCUT2D eigenvalue weighted by molar-refractivity contribution is 5.85. The van der Waals surface area contributed by atoms with Crippen LogP contribution >= 0.6 is 0 Å². The molecule has 0 aliphatic rings. The van der Waals surface area contributed by atoms with Crippen LogP contribution in [0.2, 0.25) is 0 Å². The van der Waals surface area contributed by atoms with Crippen LogP contribution in [-0.4, -0.2) is 14.1 Å². The first kappa shape index (κ1) is 17.7. The number of anilines is 2. The van der Waals surface area contributed by atoms with Crippen molar-refractivity contribution in [1.82, 2.24) is 0 Å². The topological polar surface area (TPSA) is 42.5 Å². The van der Waals surface area contributed by atoms with Crippen molar-refractivity contribution in [3.8, 4) is 23.0 Å². The van der Waals surface area contributed by atoms with E-state index >= 15 is 0 Å². The fraction of sp³-hybridized carbons (Fsp3) is 0.0833. The Bertz CT molecular complexity index is 1020. The second-order valence-electron chi connectivity index (χ2n) is 6.37. The Labute approximate surface area is 164 Å². The maximum Gasteiger partial charge on any atom is 0.150 e. The lowest BCUT2D eigenvalue weighted by atomic mass is 10.1. The third kappa shape index (κ3) is 3.71. The summed E-state index contributed by atoms with van der Waals surface area (Å²) in [4.78, 5) is 0. The van der Waals surface area contributed by atoms with Crippen LogP contribution in [-0.2, 0) is 0 Å². The number of fused-ring (bicyclic) bond motifs is 1. The molecule has 4 heteroatoms. The van der Waals surface area contributed by atoms with E-state index in [-0.39, 0.29) is 0 Å². The van der Waals surface area contributed by atoms with Gasteiger partial charge in [-0.1, -0.05) is 36.4 Å².